The largest absolute Gasteiger partial charge is 0.466 e. The van der Waals surface area contributed by atoms with Crippen molar-refractivity contribution in [2.45, 2.75) is 310 Å². The van der Waals surface area contributed by atoms with Crippen molar-refractivity contribution in [3.63, 3.8) is 0 Å². The summed E-state index contributed by atoms with van der Waals surface area (Å²) in [6.07, 6.45) is 56.5. The van der Waals surface area contributed by atoms with Crippen LogP contribution >= 0.6 is 0 Å². The average molecular weight is 819 g/mol. The summed E-state index contributed by atoms with van der Waals surface area (Å²) < 4.78 is 5.50. The molecule has 0 spiro atoms. The molecule has 1 unspecified atom stereocenters. The maximum Gasteiger partial charge on any atom is 0.305 e. The van der Waals surface area contributed by atoms with Crippen LogP contribution in [0.3, 0.4) is 0 Å². The van der Waals surface area contributed by atoms with E-state index in [1.807, 2.05) is 0 Å². The van der Waals surface area contributed by atoms with Gasteiger partial charge in [-0.2, -0.15) is 0 Å². The predicted octanol–water partition coefficient (Wildman–Crippen LogP) is 17.9. The fourth-order valence-corrected chi connectivity index (χ4v) is 8.78. The second-order valence-corrected chi connectivity index (χ2v) is 19.2. The first-order chi connectivity index (χ1) is 28.5. The number of ketones is 1. The third-order valence-corrected chi connectivity index (χ3v) is 12.8. The monoisotopic (exact) mass is 819 g/mol. The Labute approximate surface area is 364 Å². The van der Waals surface area contributed by atoms with Crippen molar-refractivity contribution < 1.29 is 19.4 Å². The van der Waals surface area contributed by atoms with Gasteiger partial charge >= 0.3 is 5.97 Å². The van der Waals surface area contributed by atoms with E-state index in [0.29, 0.717) is 18.8 Å². The van der Waals surface area contributed by atoms with Gasteiger partial charge in [-0.1, -0.05) is 258 Å². The van der Waals surface area contributed by atoms with Gasteiger partial charge in [-0.15, -0.1) is 0 Å². The van der Waals surface area contributed by atoms with E-state index in [9.17, 15) is 9.59 Å². The van der Waals surface area contributed by atoms with Crippen molar-refractivity contribution in [3.8, 4) is 0 Å². The molecule has 0 aromatic rings. The molecular weight excluding hydrogens is 713 g/mol. The molecular formula is C54H106O4. The van der Waals surface area contributed by atoms with E-state index in [2.05, 4.69) is 20.8 Å². The topological polar surface area (TPSA) is 63.6 Å². The summed E-state index contributed by atoms with van der Waals surface area (Å²) in [7, 11) is 0. The highest BCUT2D eigenvalue weighted by atomic mass is 16.5. The molecule has 0 bridgehead atoms. The minimum Gasteiger partial charge on any atom is -0.466 e. The molecule has 0 aliphatic rings. The van der Waals surface area contributed by atoms with Crippen LogP contribution in [0.5, 0.6) is 0 Å². The van der Waals surface area contributed by atoms with Crippen LogP contribution in [0.2, 0.25) is 0 Å². The lowest BCUT2D eigenvalue weighted by Crippen LogP contribution is -2.14. The number of ether oxygens (including phenoxy) is 1. The van der Waals surface area contributed by atoms with Gasteiger partial charge < -0.3 is 9.84 Å². The molecule has 0 heterocycles. The molecule has 1 N–H and O–H groups in total. The van der Waals surface area contributed by atoms with Crippen LogP contribution in [-0.2, 0) is 14.3 Å². The van der Waals surface area contributed by atoms with Crippen LogP contribution in [-0.4, -0.2) is 30.1 Å². The number of hydrogen-bond acceptors (Lipinski definition) is 4. The number of aliphatic hydroxyl groups is 1. The lowest BCUT2D eigenvalue weighted by Gasteiger charge is -2.16. The zero-order chi connectivity index (χ0) is 42.3. The Morgan fingerprint density at radius 2 is 0.690 bits per heavy atom. The molecule has 4 heteroatoms. The van der Waals surface area contributed by atoms with Gasteiger partial charge in [-0.05, 0) is 44.4 Å². The van der Waals surface area contributed by atoms with E-state index in [0.717, 1.165) is 76.5 Å². The smallest absolute Gasteiger partial charge is 0.305 e. The molecule has 0 saturated heterocycles. The number of Topliss-reactive ketones (excluding diaryl/α,β-unsaturated/α-hetero) is 1. The molecule has 1 atom stereocenters. The van der Waals surface area contributed by atoms with Crippen LogP contribution in [0.15, 0.2) is 0 Å². The molecule has 58 heavy (non-hydrogen) atoms. The van der Waals surface area contributed by atoms with Crippen LogP contribution in [0, 0.1) is 11.8 Å². The van der Waals surface area contributed by atoms with Crippen LogP contribution < -0.4 is 0 Å². The Morgan fingerprint density at radius 1 is 0.379 bits per heavy atom. The number of aliphatic hydroxyl groups excluding tert-OH is 1. The Balaban J connectivity index is 3.73. The maximum absolute atomic E-state index is 13.2. The van der Waals surface area contributed by atoms with Gasteiger partial charge in [0.05, 0.1) is 6.61 Å². The molecule has 0 aliphatic heterocycles. The minimum atomic E-state index is -0.00277. The van der Waals surface area contributed by atoms with Gasteiger partial charge in [0.1, 0.15) is 5.78 Å². The standard InChI is InChI=1S/C54H106O4/c1-4-5-6-7-8-9-10-11-12-15-18-21-27-32-40-47-53(56)52(46-39-34-35-42-49-55)45-38-31-26-22-23-28-33-41-48-54(57)58-50-43-36-29-24-19-16-13-14-17-20-25-30-37-44-51(2)3/h51-52,55H,4-50H2,1-3H3. The highest BCUT2D eigenvalue weighted by molar-refractivity contribution is 5.80. The average Bonchev–Trinajstić information content (AvgIpc) is 3.21. The second kappa shape index (κ2) is 48.8. The number of hydrogen-bond donors (Lipinski definition) is 1. The summed E-state index contributed by atoms with van der Waals surface area (Å²) in [5.74, 6) is 1.64. The molecule has 346 valence electrons. The zero-order valence-corrected chi connectivity index (χ0v) is 40.1. The highest BCUT2D eigenvalue weighted by Gasteiger charge is 2.17. The lowest BCUT2D eigenvalue weighted by molar-refractivity contribution is -0.143. The van der Waals surface area contributed by atoms with E-state index in [1.54, 1.807) is 0 Å². The molecule has 0 aromatic carbocycles. The first-order valence-electron chi connectivity index (χ1n) is 26.8. The quantitative estimate of drug-likeness (QED) is 0.0490. The fraction of sp³-hybridized carbons (Fsp3) is 0.963. The Morgan fingerprint density at radius 3 is 1.07 bits per heavy atom. The van der Waals surface area contributed by atoms with Gasteiger partial charge in [0.25, 0.3) is 0 Å². The van der Waals surface area contributed by atoms with E-state index < -0.39 is 0 Å². The predicted molar refractivity (Wildman–Crippen MR) is 255 cm³/mol. The summed E-state index contributed by atoms with van der Waals surface area (Å²) in [4.78, 5) is 25.4. The van der Waals surface area contributed by atoms with Crippen molar-refractivity contribution >= 4 is 11.8 Å². The van der Waals surface area contributed by atoms with E-state index in [1.165, 1.54) is 212 Å². The van der Waals surface area contributed by atoms with Gasteiger partial charge in [0.2, 0.25) is 0 Å². The number of unbranched alkanes of at least 4 members (excludes halogenated alkanes) is 36. The molecule has 4 nitrogen and oxygen atoms in total. The van der Waals surface area contributed by atoms with Crippen molar-refractivity contribution in [1.29, 1.82) is 0 Å². The lowest BCUT2D eigenvalue weighted by atomic mass is 9.88. The van der Waals surface area contributed by atoms with Gasteiger partial charge in [0.15, 0.2) is 0 Å². The number of rotatable bonds is 50. The number of carbonyl (C=O) groups excluding carboxylic acids is 2. The third-order valence-electron chi connectivity index (χ3n) is 12.8. The van der Waals surface area contributed by atoms with Gasteiger partial charge in [-0.25, -0.2) is 0 Å². The van der Waals surface area contributed by atoms with Crippen LogP contribution in [0.25, 0.3) is 0 Å². The minimum absolute atomic E-state index is 0.00277. The summed E-state index contributed by atoms with van der Waals surface area (Å²) in [5.41, 5.74) is 0. The first kappa shape index (κ1) is 57.1. The number of carbonyl (C=O) groups is 2. The Hall–Kier alpha value is -0.900. The third kappa shape index (κ3) is 46.2. The van der Waals surface area contributed by atoms with Crippen LogP contribution in [0.1, 0.15) is 310 Å². The molecule has 0 fully saturated rings. The van der Waals surface area contributed by atoms with E-state index in [4.69, 9.17) is 9.84 Å². The Kier molecular flexibility index (Phi) is 48.0. The normalized spacial score (nSPS) is 12.2. The van der Waals surface area contributed by atoms with Crippen LogP contribution in [0.4, 0.5) is 0 Å². The highest BCUT2D eigenvalue weighted by Crippen LogP contribution is 2.23. The summed E-state index contributed by atoms with van der Waals surface area (Å²) in [6.45, 7) is 7.84. The zero-order valence-electron chi connectivity index (χ0n) is 40.1. The molecule has 0 radical (unpaired) electrons. The van der Waals surface area contributed by atoms with Crippen molar-refractivity contribution in [2.24, 2.45) is 11.8 Å². The van der Waals surface area contributed by atoms with E-state index >= 15 is 0 Å². The number of esters is 1. The van der Waals surface area contributed by atoms with Crippen molar-refractivity contribution in [1.82, 2.24) is 0 Å². The van der Waals surface area contributed by atoms with Gasteiger partial charge in [0, 0.05) is 25.4 Å². The van der Waals surface area contributed by atoms with Crippen molar-refractivity contribution in [3.05, 3.63) is 0 Å². The maximum atomic E-state index is 13.2. The summed E-state index contributed by atoms with van der Waals surface area (Å²) in [5, 5.41) is 9.13. The molecule has 0 saturated carbocycles. The molecule has 0 amide bonds. The van der Waals surface area contributed by atoms with Gasteiger partial charge in [-0.3, -0.25) is 9.59 Å². The fourth-order valence-electron chi connectivity index (χ4n) is 8.78. The molecule has 0 aliphatic carbocycles. The summed E-state index contributed by atoms with van der Waals surface area (Å²) >= 11 is 0. The summed E-state index contributed by atoms with van der Waals surface area (Å²) in [6, 6.07) is 0. The first-order valence-corrected chi connectivity index (χ1v) is 26.8. The Bertz CT molecular complexity index is 809. The van der Waals surface area contributed by atoms with E-state index in [-0.39, 0.29) is 18.5 Å². The SMILES string of the molecule is CCCCCCCCCCCCCCCCCC(=O)C(CCCCCCO)CCCCCCCCCCC(=O)OCCCCCCCCCCCCCCCC(C)C. The van der Waals surface area contributed by atoms with Crippen molar-refractivity contribution in [2.75, 3.05) is 13.2 Å². The molecule has 0 aromatic heterocycles. The second-order valence-electron chi connectivity index (χ2n) is 19.2. The molecule has 0 rings (SSSR count).